The third-order valence-electron chi connectivity index (χ3n) is 5.09. The number of carbonyl (C=O) groups excluding carboxylic acids is 1. The molecule has 0 spiro atoms. The minimum atomic E-state index is -3.56. The maximum Gasteiger partial charge on any atom is 0.246 e. The van der Waals surface area contributed by atoms with Gasteiger partial charge in [-0.2, -0.15) is 0 Å². The van der Waals surface area contributed by atoms with Crippen molar-refractivity contribution < 1.29 is 13.2 Å². The van der Waals surface area contributed by atoms with Gasteiger partial charge in [0.25, 0.3) is 0 Å². The largest absolute Gasteiger partial charge is 0.339 e. The molecule has 3 rings (SSSR count). The van der Waals surface area contributed by atoms with E-state index in [0.29, 0.717) is 29.7 Å². The van der Waals surface area contributed by atoms with Gasteiger partial charge < -0.3 is 4.90 Å². The summed E-state index contributed by atoms with van der Waals surface area (Å²) in [6.45, 7) is 3.39. The summed E-state index contributed by atoms with van der Waals surface area (Å²) in [5.74, 6) is -0.0338. The first-order valence-electron chi connectivity index (χ1n) is 9.73. The van der Waals surface area contributed by atoms with E-state index in [1.807, 2.05) is 6.92 Å². The second-order valence-corrected chi connectivity index (χ2v) is 10.0. The van der Waals surface area contributed by atoms with E-state index in [1.54, 1.807) is 53.4 Å². The SMILES string of the molecule is Cc1ccc(S(=O)(=O)NCC2CCCN(C(=O)/C=C/c3ccc(Cl)c(Cl)c3)C2)cc1. The molecule has 1 N–H and O–H groups in total. The lowest BCUT2D eigenvalue weighted by atomic mass is 9.98. The summed E-state index contributed by atoms with van der Waals surface area (Å²) < 4.78 is 27.7. The fraction of sp³-hybridized carbons (Fsp3) is 0.318. The third-order valence-corrected chi connectivity index (χ3v) is 7.26. The Kier molecular flexibility index (Phi) is 7.58. The minimum absolute atomic E-state index is 0.0706. The average Bonchev–Trinajstić information content (AvgIpc) is 2.73. The number of hydrogen-bond acceptors (Lipinski definition) is 3. The van der Waals surface area contributed by atoms with Crippen LogP contribution in [0.2, 0.25) is 10.0 Å². The average molecular weight is 467 g/mol. The van der Waals surface area contributed by atoms with Crippen molar-refractivity contribution in [3.05, 3.63) is 69.7 Å². The van der Waals surface area contributed by atoms with Gasteiger partial charge in [0.2, 0.25) is 15.9 Å². The van der Waals surface area contributed by atoms with Crippen LogP contribution in [0, 0.1) is 12.8 Å². The highest BCUT2D eigenvalue weighted by Crippen LogP contribution is 2.23. The summed E-state index contributed by atoms with van der Waals surface area (Å²) in [7, 11) is -3.56. The van der Waals surface area contributed by atoms with Crippen molar-refractivity contribution in [3.63, 3.8) is 0 Å². The smallest absolute Gasteiger partial charge is 0.246 e. The molecule has 0 aliphatic carbocycles. The molecule has 1 heterocycles. The number of hydrogen-bond donors (Lipinski definition) is 1. The highest BCUT2D eigenvalue weighted by molar-refractivity contribution is 7.89. The zero-order chi connectivity index (χ0) is 21.7. The summed E-state index contributed by atoms with van der Waals surface area (Å²) >= 11 is 11.9. The van der Waals surface area contributed by atoms with Crippen LogP contribution in [0.15, 0.2) is 53.4 Å². The Bertz CT molecular complexity index is 1040. The zero-order valence-electron chi connectivity index (χ0n) is 16.6. The number of aryl methyl sites for hydroxylation is 1. The van der Waals surface area contributed by atoms with Gasteiger partial charge in [0.05, 0.1) is 14.9 Å². The number of carbonyl (C=O) groups is 1. The van der Waals surface area contributed by atoms with Gasteiger partial charge in [-0.3, -0.25) is 4.79 Å². The van der Waals surface area contributed by atoms with Crippen molar-refractivity contribution in [2.24, 2.45) is 5.92 Å². The van der Waals surface area contributed by atoms with Gasteiger partial charge in [-0.05, 0) is 61.6 Å². The lowest BCUT2D eigenvalue weighted by Gasteiger charge is -2.32. The Morgan fingerprint density at radius 2 is 1.90 bits per heavy atom. The fourth-order valence-corrected chi connectivity index (χ4v) is 4.77. The van der Waals surface area contributed by atoms with Crippen molar-refractivity contribution >= 4 is 45.2 Å². The van der Waals surface area contributed by atoms with Crippen LogP contribution < -0.4 is 4.72 Å². The topological polar surface area (TPSA) is 66.5 Å². The first kappa shape index (κ1) is 22.8. The van der Waals surface area contributed by atoms with E-state index in [9.17, 15) is 13.2 Å². The van der Waals surface area contributed by atoms with E-state index in [2.05, 4.69) is 4.72 Å². The van der Waals surface area contributed by atoms with Crippen LogP contribution in [-0.2, 0) is 14.8 Å². The van der Waals surface area contributed by atoms with E-state index in [1.165, 1.54) is 6.08 Å². The van der Waals surface area contributed by atoms with Crippen LogP contribution in [0.5, 0.6) is 0 Å². The molecule has 1 aliphatic heterocycles. The van der Waals surface area contributed by atoms with Gasteiger partial charge in [-0.1, -0.05) is 47.0 Å². The number of piperidine rings is 1. The lowest BCUT2D eigenvalue weighted by molar-refractivity contribution is -0.127. The first-order valence-corrected chi connectivity index (χ1v) is 12.0. The molecule has 1 unspecified atom stereocenters. The minimum Gasteiger partial charge on any atom is -0.339 e. The fourth-order valence-electron chi connectivity index (χ4n) is 3.35. The Morgan fingerprint density at radius 3 is 2.60 bits per heavy atom. The zero-order valence-corrected chi connectivity index (χ0v) is 19.0. The van der Waals surface area contributed by atoms with Crippen LogP contribution in [0.3, 0.4) is 0 Å². The predicted molar refractivity (Wildman–Crippen MR) is 121 cm³/mol. The Balaban J connectivity index is 1.56. The summed E-state index contributed by atoms with van der Waals surface area (Å²) in [6, 6.07) is 11.9. The molecule has 2 aromatic carbocycles. The summed E-state index contributed by atoms with van der Waals surface area (Å²) in [4.78, 5) is 14.6. The summed E-state index contributed by atoms with van der Waals surface area (Å²) in [5, 5.41) is 0.900. The van der Waals surface area contributed by atoms with Crippen molar-refractivity contribution in [3.8, 4) is 0 Å². The molecule has 5 nitrogen and oxygen atoms in total. The second-order valence-electron chi connectivity index (χ2n) is 7.46. The number of sulfonamides is 1. The molecular formula is C22H24Cl2N2O3S. The van der Waals surface area contributed by atoms with Crippen molar-refractivity contribution in [2.45, 2.75) is 24.7 Å². The molecule has 8 heteroatoms. The van der Waals surface area contributed by atoms with Crippen molar-refractivity contribution in [2.75, 3.05) is 19.6 Å². The van der Waals surface area contributed by atoms with Gasteiger partial charge >= 0.3 is 0 Å². The van der Waals surface area contributed by atoms with Gasteiger partial charge in [-0.25, -0.2) is 13.1 Å². The number of likely N-dealkylation sites (tertiary alicyclic amines) is 1. The van der Waals surface area contributed by atoms with Crippen LogP contribution in [0.25, 0.3) is 6.08 Å². The Hall–Kier alpha value is -1.86. The quantitative estimate of drug-likeness (QED) is 0.635. The number of amides is 1. The molecular weight excluding hydrogens is 443 g/mol. The standard InChI is InChI=1S/C22H24Cl2N2O3S/c1-16-4-8-19(9-5-16)30(28,29)25-14-18-3-2-12-26(15-18)22(27)11-7-17-6-10-20(23)21(24)13-17/h4-11,13,18,25H,2-3,12,14-15H2,1H3/b11-7+. The highest BCUT2D eigenvalue weighted by Gasteiger charge is 2.24. The lowest BCUT2D eigenvalue weighted by Crippen LogP contribution is -2.43. The molecule has 0 bridgehead atoms. The van der Waals surface area contributed by atoms with Crippen molar-refractivity contribution in [1.82, 2.24) is 9.62 Å². The van der Waals surface area contributed by atoms with E-state index in [4.69, 9.17) is 23.2 Å². The maximum atomic E-state index is 12.6. The first-order chi connectivity index (χ1) is 14.2. The van der Waals surface area contributed by atoms with E-state index < -0.39 is 10.0 Å². The molecule has 0 saturated carbocycles. The molecule has 2 aromatic rings. The maximum absolute atomic E-state index is 12.6. The molecule has 1 aliphatic rings. The van der Waals surface area contributed by atoms with E-state index in [0.717, 1.165) is 24.0 Å². The normalized spacial score (nSPS) is 17.4. The molecule has 1 atom stereocenters. The van der Waals surface area contributed by atoms with E-state index in [-0.39, 0.29) is 16.7 Å². The number of benzene rings is 2. The summed E-state index contributed by atoms with van der Waals surface area (Å²) in [5.41, 5.74) is 1.79. The van der Waals surface area contributed by atoms with Gasteiger partial charge in [0, 0.05) is 25.7 Å². The second kappa shape index (κ2) is 9.96. The summed E-state index contributed by atoms with van der Waals surface area (Å²) in [6.07, 6.45) is 4.92. The van der Waals surface area contributed by atoms with Crippen LogP contribution in [0.1, 0.15) is 24.0 Å². The van der Waals surface area contributed by atoms with Crippen LogP contribution in [-0.4, -0.2) is 38.9 Å². The predicted octanol–water partition coefficient (Wildman–Crippen LogP) is 4.53. The molecule has 1 amide bonds. The molecule has 0 aromatic heterocycles. The number of nitrogens with one attached hydrogen (secondary N) is 1. The van der Waals surface area contributed by atoms with Crippen LogP contribution >= 0.6 is 23.2 Å². The molecule has 0 radical (unpaired) electrons. The third kappa shape index (κ3) is 6.08. The molecule has 160 valence electrons. The molecule has 1 saturated heterocycles. The van der Waals surface area contributed by atoms with Gasteiger partial charge in [0.15, 0.2) is 0 Å². The van der Waals surface area contributed by atoms with E-state index >= 15 is 0 Å². The van der Waals surface area contributed by atoms with Gasteiger partial charge in [0.1, 0.15) is 0 Å². The Labute approximate surface area is 187 Å². The molecule has 1 fully saturated rings. The van der Waals surface area contributed by atoms with Gasteiger partial charge in [-0.15, -0.1) is 0 Å². The molecule has 30 heavy (non-hydrogen) atoms. The number of nitrogens with zero attached hydrogens (tertiary/aromatic N) is 1. The monoisotopic (exact) mass is 466 g/mol. The highest BCUT2D eigenvalue weighted by atomic mass is 35.5. The number of rotatable bonds is 6. The number of halogens is 2. The van der Waals surface area contributed by atoms with Crippen molar-refractivity contribution in [1.29, 1.82) is 0 Å². The Morgan fingerprint density at radius 1 is 1.17 bits per heavy atom. The van der Waals surface area contributed by atoms with Crippen LogP contribution in [0.4, 0.5) is 0 Å².